The molecule has 0 heterocycles. The quantitative estimate of drug-likeness (QED) is 0.811. The first kappa shape index (κ1) is 17.4. The molecule has 0 amide bonds. The Hall–Kier alpha value is -0.630. The van der Waals surface area contributed by atoms with Gasteiger partial charge in [-0.2, -0.15) is 0 Å². The van der Waals surface area contributed by atoms with Gasteiger partial charge in [0.05, 0.1) is 0 Å². The summed E-state index contributed by atoms with van der Waals surface area (Å²) in [6, 6.07) is 4.25. The van der Waals surface area contributed by atoms with E-state index in [9.17, 15) is 9.79 Å². The summed E-state index contributed by atoms with van der Waals surface area (Å²) in [5, 5.41) is 0. The Kier molecular flexibility index (Phi) is 5.23. The van der Waals surface area contributed by atoms with Gasteiger partial charge in [-0.25, -0.2) is 0 Å². The smallest absolute Gasteiger partial charge is 0.391 e. The number of hydrogen-bond acceptors (Lipinski definition) is 3. The van der Waals surface area contributed by atoms with Crippen LogP contribution in [0.3, 0.4) is 0 Å². The first-order valence-corrected chi connectivity index (χ1v) is 8.17. The van der Waals surface area contributed by atoms with Crippen molar-refractivity contribution in [2.75, 3.05) is 0 Å². The van der Waals surface area contributed by atoms with Gasteiger partial charge in [0.2, 0.25) is 0 Å². The fourth-order valence-electron chi connectivity index (χ4n) is 2.13. The van der Waals surface area contributed by atoms with Crippen molar-refractivity contribution in [3.05, 3.63) is 28.8 Å². The summed E-state index contributed by atoms with van der Waals surface area (Å²) >= 11 is 0. The van der Waals surface area contributed by atoms with Crippen molar-refractivity contribution >= 4 is 8.60 Å². The number of hydrogen-bond donors (Lipinski definition) is 2. The topological polar surface area (TPSA) is 49.7 Å². The van der Waals surface area contributed by atoms with Crippen LogP contribution in [0.1, 0.15) is 65.2 Å². The lowest BCUT2D eigenvalue weighted by atomic mass is 9.78. The van der Waals surface area contributed by atoms with Gasteiger partial charge in [0.15, 0.2) is 0 Å². The summed E-state index contributed by atoms with van der Waals surface area (Å²) in [5.41, 5.74) is 3.22. The zero-order valence-electron chi connectivity index (χ0n) is 13.6. The van der Waals surface area contributed by atoms with Gasteiger partial charge in [0.1, 0.15) is 5.75 Å². The van der Waals surface area contributed by atoms with E-state index in [0.29, 0.717) is 5.75 Å². The fourth-order valence-corrected chi connectivity index (χ4v) is 2.51. The third kappa shape index (κ3) is 4.18. The zero-order chi connectivity index (χ0) is 15.7. The summed E-state index contributed by atoms with van der Waals surface area (Å²) < 4.78 is 5.34. The average molecular weight is 298 g/mol. The molecule has 0 saturated carbocycles. The molecule has 0 aromatic heterocycles. The Bertz CT molecular complexity index is 468. The van der Waals surface area contributed by atoms with E-state index in [4.69, 9.17) is 4.52 Å². The van der Waals surface area contributed by atoms with Gasteiger partial charge >= 0.3 is 8.60 Å². The minimum Gasteiger partial charge on any atom is -0.426 e. The lowest BCUT2D eigenvalue weighted by Crippen LogP contribution is -2.18. The summed E-state index contributed by atoms with van der Waals surface area (Å²) in [7, 11) is -2.40. The van der Waals surface area contributed by atoms with Crippen LogP contribution in [0.5, 0.6) is 5.75 Å². The predicted molar refractivity (Wildman–Crippen MR) is 85.2 cm³/mol. The lowest BCUT2D eigenvalue weighted by Gasteiger charge is -2.29. The summed E-state index contributed by atoms with van der Waals surface area (Å²) in [6.45, 7) is 14.9. The Balaban J connectivity index is 3.56. The van der Waals surface area contributed by atoms with E-state index >= 15 is 0 Å². The van der Waals surface area contributed by atoms with Gasteiger partial charge in [0, 0.05) is 5.56 Å². The molecule has 3 nitrogen and oxygen atoms in total. The van der Waals surface area contributed by atoms with Crippen molar-refractivity contribution in [2.45, 2.75) is 65.7 Å². The second-order valence-corrected chi connectivity index (χ2v) is 7.90. The summed E-state index contributed by atoms with van der Waals surface area (Å²) in [5.74, 6) is 0.629. The molecule has 0 aliphatic carbocycles. The van der Waals surface area contributed by atoms with Crippen LogP contribution in [-0.4, -0.2) is 9.79 Å². The Labute approximate surface area is 124 Å². The van der Waals surface area contributed by atoms with Crippen LogP contribution in [0.15, 0.2) is 12.1 Å². The molecular weight excluding hydrogens is 271 g/mol. The second kappa shape index (κ2) is 6.01. The number of benzene rings is 1. The SMILES string of the molecule is CCc1cc(C(C)(C)C)cc(C(C)(C)C)c1OP(O)O. The van der Waals surface area contributed by atoms with Crippen LogP contribution >= 0.6 is 8.60 Å². The average Bonchev–Trinajstić information content (AvgIpc) is 2.25. The highest BCUT2D eigenvalue weighted by Gasteiger charge is 2.26. The van der Waals surface area contributed by atoms with Crippen molar-refractivity contribution in [1.29, 1.82) is 0 Å². The van der Waals surface area contributed by atoms with Gasteiger partial charge < -0.3 is 14.3 Å². The molecule has 0 aliphatic heterocycles. The Morgan fingerprint density at radius 1 is 1.00 bits per heavy atom. The molecule has 0 spiro atoms. The Morgan fingerprint density at radius 2 is 1.55 bits per heavy atom. The molecule has 0 unspecified atom stereocenters. The van der Waals surface area contributed by atoms with Crippen LogP contribution in [0, 0.1) is 0 Å². The van der Waals surface area contributed by atoms with Crippen molar-refractivity contribution < 1.29 is 14.3 Å². The van der Waals surface area contributed by atoms with E-state index in [-0.39, 0.29) is 10.8 Å². The highest BCUT2D eigenvalue weighted by molar-refractivity contribution is 7.39. The third-order valence-corrected chi connectivity index (χ3v) is 3.74. The molecule has 0 atom stereocenters. The van der Waals surface area contributed by atoms with Crippen molar-refractivity contribution in [2.24, 2.45) is 0 Å². The highest BCUT2D eigenvalue weighted by atomic mass is 31.2. The third-order valence-electron chi connectivity index (χ3n) is 3.39. The van der Waals surface area contributed by atoms with Gasteiger partial charge in [0.25, 0.3) is 0 Å². The summed E-state index contributed by atoms with van der Waals surface area (Å²) in [4.78, 5) is 18.5. The molecule has 1 aromatic carbocycles. The number of rotatable bonds is 3. The summed E-state index contributed by atoms with van der Waals surface area (Å²) in [6.07, 6.45) is 0.797. The van der Waals surface area contributed by atoms with Crippen LogP contribution < -0.4 is 4.52 Å². The molecule has 0 bridgehead atoms. The normalized spacial score (nSPS) is 12.9. The molecule has 114 valence electrons. The van der Waals surface area contributed by atoms with Gasteiger partial charge in [-0.1, -0.05) is 60.6 Å². The molecule has 1 rings (SSSR count). The maximum absolute atomic E-state index is 9.24. The van der Waals surface area contributed by atoms with Crippen LogP contribution in [-0.2, 0) is 17.3 Å². The van der Waals surface area contributed by atoms with E-state index < -0.39 is 8.60 Å². The zero-order valence-corrected chi connectivity index (χ0v) is 14.5. The first-order valence-electron chi connectivity index (χ1n) is 7.00. The largest absolute Gasteiger partial charge is 0.426 e. The molecule has 0 radical (unpaired) electrons. The Morgan fingerprint density at radius 3 is 1.90 bits per heavy atom. The van der Waals surface area contributed by atoms with E-state index in [1.54, 1.807) is 0 Å². The molecular formula is C16H27O3P. The lowest BCUT2D eigenvalue weighted by molar-refractivity contribution is 0.367. The molecule has 2 N–H and O–H groups in total. The van der Waals surface area contributed by atoms with E-state index in [1.165, 1.54) is 5.56 Å². The van der Waals surface area contributed by atoms with E-state index in [0.717, 1.165) is 17.5 Å². The molecule has 20 heavy (non-hydrogen) atoms. The second-order valence-electron chi connectivity index (χ2n) is 7.21. The highest BCUT2D eigenvalue weighted by Crippen LogP contribution is 2.42. The number of aryl methyl sites for hydroxylation is 1. The fraction of sp³-hybridized carbons (Fsp3) is 0.625. The van der Waals surface area contributed by atoms with Crippen LogP contribution in [0.4, 0.5) is 0 Å². The maximum atomic E-state index is 9.24. The van der Waals surface area contributed by atoms with Crippen molar-refractivity contribution in [3.63, 3.8) is 0 Å². The van der Waals surface area contributed by atoms with Gasteiger partial charge in [-0.3, -0.25) is 0 Å². The van der Waals surface area contributed by atoms with Crippen molar-refractivity contribution in [1.82, 2.24) is 0 Å². The van der Waals surface area contributed by atoms with Gasteiger partial charge in [-0.15, -0.1) is 0 Å². The monoisotopic (exact) mass is 298 g/mol. The molecule has 0 aliphatic rings. The molecule has 0 saturated heterocycles. The maximum Gasteiger partial charge on any atom is 0.391 e. The van der Waals surface area contributed by atoms with E-state index in [2.05, 4.69) is 60.6 Å². The molecule has 0 fully saturated rings. The van der Waals surface area contributed by atoms with Crippen LogP contribution in [0.2, 0.25) is 0 Å². The first-order chi connectivity index (χ1) is 8.96. The minimum absolute atomic E-state index is 0.0472. The molecule has 1 aromatic rings. The predicted octanol–water partition coefficient (Wildman–Crippen LogP) is 4.43. The van der Waals surface area contributed by atoms with Crippen LogP contribution in [0.25, 0.3) is 0 Å². The minimum atomic E-state index is -2.40. The van der Waals surface area contributed by atoms with Gasteiger partial charge in [-0.05, 0) is 28.4 Å². The standard InChI is InChI=1S/C16H27O3P/c1-8-11-9-12(15(2,3)4)10-13(16(5,6)7)14(11)19-20(17)18/h9-10,17-18H,8H2,1-7H3. The van der Waals surface area contributed by atoms with Crippen molar-refractivity contribution in [3.8, 4) is 5.75 Å². The molecule has 4 heteroatoms. The van der Waals surface area contributed by atoms with E-state index in [1.807, 2.05) is 0 Å².